The molecule has 1 N–H and O–H groups in total. The third-order valence-electron chi connectivity index (χ3n) is 2.88. The highest BCUT2D eigenvalue weighted by atomic mass is 32.2. The zero-order valence-electron chi connectivity index (χ0n) is 12.0. The van der Waals surface area contributed by atoms with E-state index in [0.717, 1.165) is 22.8 Å². The lowest BCUT2D eigenvalue weighted by Gasteiger charge is -2.01. The molecule has 0 fully saturated rings. The molecule has 2 heterocycles. The van der Waals surface area contributed by atoms with Crippen molar-refractivity contribution in [1.82, 2.24) is 19.6 Å². The van der Waals surface area contributed by atoms with E-state index in [9.17, 15) is 4.79 Å². The van der Waals surface area contributed by atoms with Crippen molar-refractivity contribution < 1.29 is 4.79 Å². The maximum absolute atomic E-state index is 11.8. The molecule has 20 heavy (non-hydrogen) atoms. The molecule has 0 saturated carbocycles. The van der Waals surface area contributed by atoms with E-state index in [1.54, 1.807) is 21.1 Å². The van der Waals surface area contributed by atoms with Crippen molar-refractivity contribution in [3.05, 3.63) is 24.2 Å². The average molecular weight is 293 g/mol. The van der Waals surface area contributed by atoms with Crippen LogP contribution >= 0.6 is 11.8 Å². The number of thioether (sulfide) groups is 1. The van der Waals surface area contributed by atoms with Crippen LogP contribution in [0.4, 0.5) is 5.82 Å². The van der Waals surface area contributed by atoms with Gasteiger partial charge >= 0.3 is 0 Å². The van der Waals surface area contributed by atoms with Gasteiger partial charge in [0.15, 0.2) is 5.82 Å². The van der Waals surface area contributed by atoms with Crippen molar-refractivity contribution in [2.24, 2.45) is 14.1 Å². The van der Waals surface area contributed by atoms with Crippen LogP contribution in [0, 0.1) is 6.92 Å². The lowest BCUT2D eigenvalue weighted by atomic mass is 10.3. The number of hydrogen-bond donors (Lipinski definition) is 1. The van der Waals surface area contributed by atoms with Crippen LogP contribution in [0.2, 0.25) is 0 Å². The first-order valence-corrected chi connectivity index (χ1v) is 7.45. The first-order chi connectivity index (χ1) is 9.54. The van der Waals surface area contributed by atoms with Gasteiger partial charge in [-0.1, -0.05) is 0 Å². The number of carbonyl (C=O) groups excluding carboxylic acids is 1. The summed E-state index contributed by atoms with van der Waals surface area (Å²) in [5.74, 6) is 1.53. The summed E-state index contributed by atoms with van der Waals surface area (Å²) in [5, 5.41) is 11.1. The first-order valence-electron chi connectivity index (χ1n) is 6.46. The van der Waals surface area contributed by atoms with Gasteiger partial charge in [-0.3, -0.25) is 14.2 Å². The minimum Gasteiger partial charge on any atom is -0.309 e. The van der Waals surface area contributed by atoms with Crippen molar-refractivity contribution in [1.29, 1.82) is 0 Å². The van der Waals surface area contributed by atoms with Gasteiger partial charge in [-0.2, -0.15) is 10.2 Å². The summed E-state index contributed by atoms with van der Waals surface area (Å²) in [6.07, 6.45) is 5.14. The number of aryl methyl sites for hydroxylation is 3. The van der Waals surface area contributed by atoms with Crippen LogP contribution in [0.15, 0.2) is 23.4 Å². The van der Waals surface area contributed by atoms with Gasteiger partial charge in [0.1, 0.15) is 0 Å². The van der Waals surface area contributed by atoms with Gasteiger partial charge in [-0.15, -0.1) is 11.8 Å². The summed E-state index contributed by atoms with van der Waals surface area (Å²) in [4.78, 5) is 12.9. The first kappa shape index (κ1) is 14.6. The molecule has 2 aromatic heterocycles. The summed E-state index contributed by atoms with van der Waals surface area (Å²) in [6.45, 7) is 1.95. The van der Waals surface area contributed by atoms with E-state index in [2.05, 4.69) is 15.5 Å². The second kappa shape index (κ2) is 6.60. The van der Waals surface area contributed by atoms with Gasteiger partial charge in [-0.05, 0) is 19.1 Å². The van der Waals surface area contributed by atoms with Crippen LogP contribution < -0.4 is 5.32 Å². The normalized spacial score (nSPS) is 10.8. The molecular weight excluding hydrogens is 274 g/mol. The molecule has 0 radical (unpaired) electrons. The standard InChI is InChI=1S/C13H19N5OS/c1-10-7-12(16-18(10)3)15-13(19)5-4-6-20-11-8-14-17(2)9-11/h7-9H,4-6H2,1-3H3,(H,15,16,19). The molecule has 0 aliphatic rings. The molecule has 0 spiro atoms. The van der Waals surface area contributed by atoms with Crippen molar-refractivity contribution in [2.45, 2.75) is 24.7 Å². The molecule has 0 bridgehead atoms. The predicted molar refractivity (Wildman–Crippen MR) is 79.7 cm³/mol. The second-order valence-electron chi connectivity index (χ2n) is 4.64. The van der Waals surface area contributed by atoms with Crippen molar-refractivity contribution in [3.8, 4) is 0 Å². The fourth-order valence-corrected chi connectivity index (χ4v) is 2.60. The van der Waals surface area contributed by atoms with Crippen LogP contribution in [0.3, 0.4) is 0 Å². The number of hydrogen-bond acceptors (Lipinski definition) is 4. The van der Waals surface area contributed by atoms with E-state index in [1.807, 2.05) is 39.5 Å². The van der Waals surface area contributed by atoms with Gasteiger partial charge in [0.2, 0.25) is 5.91 Å². The fourth-order valence-electron chi connectivity index (χ4n) is 1.72. The number of anilines is 1. The summed E-state index contributed by atoms with van der Waals surface area (Å²) < 4.78 is 3.52. The van der Waals surface area contributed by atoms with E-state index in [1.165, 1.54) is 0 Å². The SMILES string of the molecule is Cc1cc(NC(=O)CCCSc2cnn(C)c2)nn1C. The Balaban J connectivity index is 1.67. The highest BCUT2D eigenvalue weighted by Gasteiger charge is 2.06. The number of nitrogens with zero attached hydrogens (tertiary/aromatic N) is 4. The highest BCUT2D eigenvalue weighted by Crippen LogP contribution is 2.18. The maximum Gasteiger partial charge on any atom is 0.225 e. The molecule has 0 saturated heterocycles. The Bertz CT molecular complexity index is 570. The lowest BCUT2D eigenvalue weighted by molar-refractivity contribution is -0.116. The zero-order valence-corrected chi connectivity index (χ0v) is 12.8. The Morgan fingerprint density at radius 2 is 2.25 bits per heavy atom. The summed E-state index contributed by atoms with van der Waals surface area (Å²) in [5.41, 5.74) is 1.02. The smallest absolute Gasteiger partial charge is 0.225 e. The molecule has 2 aromatic rings. The second-order valence-corrected chi connectivity index (χ2v) is 5.81. The molecule has 2 rings (SSSR count). The minimum absolute atomic E-state index is 0.00915. The average Bonchev–Trinajstić information content (AvgIpc) is 2.92. The van der Waals surface area contributed by atoms with Gasteiger partial charge in [0.05, 0.1) is 6.20 Å². The van der Waals surface area contributed by atoms with E-state index < -0.39 is 0 Å². The quantitative estimate of drug-likeness (QED) is 0.653. The fraction of sp³-hybridized carbons (Fsp3) is 0.462. The summed E-state index contributed by atoms with van der Waals surface area (Å²) in [6, 6.07) is 1.86. The van der Waals surface area contributed by atoms with Gasteiger partial charge in [-0.25, -0.2) is 0 Å². The van der Waals surface area contributed by atoms with E-state index >= 15 is 0 Å². The van der Waals surface area contributed by atoms with Gasteiger partial charge in [0.25, 0.3) is 0 Å². The highest BCUT2D eigenvalue weighted by molar-refractivity contribution is 7.99. The van der Waals surface area contributed by atoms with Crippen molar-refractivity contribution >= 4 is 23.5 Å². The molecule has 7 heteroatoms. The van der Waals surface area contributed by atoms with Crippen LogP contribution in [0.1, 0.15) is 18.5 Å². The molecule has 0 aliphatic carbocycles. The third kappa shape index (κ3) is 4.12. The topological polar surface area (TPSA) is 64.7 Å². The van der Waals surface area contributed by atoms with E-state index in [-0.39, 0.29) is 5.91 Å². The number of rotatable bonds is 6. The third-order valence-corrected chi connectivity index (χ3v) is 3.92. The molecule has 108 valence electrons. The number of aromatic nitrogens is 4. The van der Waals surface area contributed by atoms with Crippen LogP contribution in [-0.2, 0) is 18.9 Å². The summed E-state index contributed by atoms with van der Waals surface area (Å²) >= 11 is 1.71. The number of nitrogens with one attached hydrogen (secondary N) is 1. The molecule has 1 amide bonds. The molecule has 6 nitrogen and oxygen atoms in total. The Morgan fingerprint density at radius 1 is 1.45 bits per heavy atom. The van der Waals surface area contributed by atoms with Crippen LogP contribution in [0.25, 0.3) is 0 Å². The Hall–Kier alpha value is -1.76. The van der Waals surface area contributed by atoms with Gasteiger partial charge in [0, 0.05) is 43.4 Å². The van der Waals surface area contributed by atoms with Crippen LogP contribution in [0.5, 0.6) is 0 Å². The number of carbonyl (C=O) groups is 1. The Labute approximate surface area is 122 Å². The van der Waals surface area contributed by atoms with Crippen molar-refractivity contribution in [2.75, 3.05) is 11.1 Å². The lowest BCUT2D eigenvalue weighted by Crippen LogP contribution is -2.12. The molecule has 0 aliphatic heterocycles. The number of amides is 1. The van der Waals surface area contributed by atoms with Crippen molar-refractivity contribution in [3.63, 3.8) is 0 Å². The largest absolute Gasteiger partial charge is 0.309 e. The molecule has 0 aromatic carbocycles. The van der Waals surface area contributed by atoms with Crippen LogP contribution in [-0.4, -0.2) is 31.2 Å². The zero-order chi connectivity index (χ0) is 14.5. The maximum atomic E-state index is 11.8. The van der Waals surface area contributed by atoms with E-state index in [0.29, 0.717) is 12.2 Å². The molecule has 0 unspecified atom stereocenters. The van der Waals surface area contributed by atoms with E-state index in [4.69, 9.17) is 0 Å². The Kier molecular flexibility index (Phi) is 4.84. The monoisotopic (exact) mass is 293 g/mol. The van der Waals surface area contributed by atoms with Gasteiger partial charge < -0.3 is 5.32 Å². The Morgan fingerprint density at radius 3 is 2.85 bits per heavy atom. The molecule has 0 atom stereocenters. The minimum atomic E-state index is 0.00915. The molecular formula is C13H19N5OS. The predicted octanol–water partition coefficient (Wildman–Crippen LogP) is 1.97. The summed E-state index contributed by atoms with van der Waals surface area (Å²) in [7, 11) is 3.75.